The van der Waals surface area contributed by atoms with Gasteiger partial charge in [-0.1, -0.05) is 45.2 Å². The Morgan fingerprint density at radius 2 is 2.09 bits per heavy atom. The van der Waals surface area contributed by atoms with Crippen molar-refractivity contribution in [2.75, 3.05) is 6.54 Å². The molecule has 0 spiro atoms. The van der Waals surface area contributed by atoms with Crippen molar-refractivity contribution in [1.29, 1.82) is 0 Å². The van der Waals surface area contributed by atoms with Gasteiger partial charge in [-0.25, -0.2) is 9.37 Å². The van der Waals surface area contributed by atoms with Gasteiger partial charge in [-0.05, 0) is 30.3 Å². The highest BCUT2D eigenvalue weighted by Gasteiger charge is 2.21. The van der Waals surface area contributed by atoms with E-state index in [1.165, 1.54) is 23.1 Å². The molecule has 1 amide bonds. The zero-order chi connectivity index (χ0) is 17.0. The van der Waals surface area contributed by atoms with Gasteiger partial charge in [0.25, 0.3) is 5.91 Å². The summed E-state index contributed by atoms with van der Waals surface area (Å²) in [6, 6.07) is 7.53. The van der Waals surface area contributed by atoms with Gasteiger partial charge < -0.3 is 4.90 Å². The number of rotatable bonds is 5. The Kier molecular flexibility index (Phi) is 6.16. The first kappa shape index (κ1) is 17.9. The van der Waals surface area contributed by atoms with Crippen LogP contribution in [-0.4, -0.2) is 22.3 Å². The Labute approximate surface area is 151 Å². The first-order valence-corrected chi connectivity index (χ1v) is 8.13. The van der Waals surface area contributed by atoms with Gasteiger partial charge in [0.15, 0.2) is 0 Å². The first-order valence-electron chi connectivity index (χ1n) is 6.58. The van der Waals surface area contributed by atoms with Crippen molar-refractivity contribution < 1.29 is 9.18 Å². The molecule has 0 aliphatic heterocycles. The molecule has 7 heteroatoms. The van der Waals surface area contributed by atoms with Gasteiger partial charge in [-0.2, -0.15) is 0 Å². The van der Waals surface area contributed by atoms with Gasteiger partial charge >= 0.3 is 0 Å². The van der Waals surface area contributed by atoms with Crippen molar-refractivity contribution in [2.24, 2.45) is 0 Å². The molecule has 0 bridgehead atoms. The molecule has 0 N–H and O–H groups in total. The molecule has 120 valence electrons. The van der Waals surface area contributed by atoms with E-state index < -0.39 is 11.7 Å². The minimum absolute atomic E-state index is 0.0245. The Hall–Kier alpha value is -1.43. The molecule has 0 saturated heterocycles. The predicted octanol–water partition coefficient (Wildman–Crippen LogP) is 5.12. The number of aromatic nitrogens is 1. The lowest BCUT2D eigenvalue weighted by atomic mass is 10.2. The minimum Gasteiger partial charge on any atom is -0.329 e. The molecule has 1 aromatic heterocycles. The molecule has 0 unspecified atom stereocenters. The van der Waals surface area contributed by atoms with Gasteiger partial charge in [0.2, 0.25) is 0 Å². The number of carbonyl (C=O) groups is 1. The smallest absolute Gasteiger partial charge is 0.274 e. The summed E-state index contributed by atoms with van der Waals surface area (Å²) < 4.78 is 14.7. The maximum Gasteiger partial charge on any atom is 0.274 e. The first-order chi connectivity index (χ1) is 10.9. The average Bonchev–Trinajstić information content (AvgIpc) is 2.52. The Balaban J connectivity index is 2.34. The lowest BCUT2D eigenvalue weighted by molar-refractivity contribution is 0.0755. The molecule has 1 aromatic carbocycles. The number of amides is 1. The Morgan fingerprint density at radius 1 is 1.35 bits per heavy atom. The van der Waals surface area contributed by atoms with Crippen LogP contribution in [0.5, 0.6) is 0 Å². The standard InChI is InChI=1S/C16H12BrCl2FN2O/c1-2-7-22(9-10-8-11(17)3-5-13(10)20)16(23)15-12(18)4-6-14(19)21-15/h2-6,8H,1,7,9H2. The highest BCUT2D eigenvalue weighted by molar-refractivity contribution is 9.10. The van der Waals surface area contributed by atoms with Gasteiger partial charge in [0.1, 0.15) is 16.7 Å². The zero-order valence-corrected chi connectivity index (χ0v) is 15.0. The van der Waals surface area contributed by atoms with E-state index in [0.717, 1.165) is 4.47 Å². The van der Waals surface area contributed by atoms with E-state index in [4.69, 9.17) is 23.2 Å². The second kappa shape index (κ2) is 7.90. The molecule has 3 nitrogen and oxygen atoms in total. The molecule has 2 rings (SSSR count). The minimum atomic E-state index is -0.447. The van der Waals surface area contributed by atoms with Gasteiger partial charge in [-0.15, -0.1) is 6.58 Å². The fourth-order valence-electron chi connectivity index (χ4n) is 1.96. The van der Waals surface area contributed by atoms with E-state index in [1.807, 2.05) is 0 Å². The highest BCUT2D eigenvalue weighted by Crippen LogP contribution is 2.21. The summed E-state index contributed by atoms with van der Waals surface area (Å²) in [4.78, 5) is 18.0. The summed E-state index contributed by atoms with van der Waals surface area (Å²) in [6.07, 6.45) is 1.55. The quantitative estimate of drug-likeness (QED) is 0.499. The SMILES string of the molecule is C=CCN(Cc1cc(Br)ccc1F)C(=O)c1nc(Cl)ccc1Cl. The number of nitrogens with zero attached hydrogens (tertiary/aromatic N) is 2. The Bertz CT molecular complexity index is 755. The zero-order valence-electron chi connectivity index (χ0n) is 11.9. The van der Waals surface area contributed by atoms with Crippen molar-refractivity contribution in [1.82, 2.24) is 9.88 Å². The van der Waals surface area contributed by atoms with Gasteiger partial charge in [0, 0.05) is 23.1 Å². The largest absolute Gasteiger partial charge is 0.329 e. The van der Waals surface area contributed by atoms with E-state index in [1.54, 1.807) is 18.2 Å². The fourth-order valence-corrected chi connectivity index (χ4v) is 2.71. The second-order valence-corrected chi connectivity index (χ2v) is 6.38. The lowest BCUT2D eigenvalue weighted by Gasteiger charge is -2.21. The van der Waals surface area contributed by atoms with E-state index in [2.05, 4.69) is 27.5 Å². The number of pyridine rings is 1. The topological polar surface area (TPSA) is 33.2 Å². The van der Waals surface area contributed by atoms with Crippen LogP contribution >= 0.6 is 39.1 Å². The normalized spacial score (nSPS) is 10.4. The van der Waals surface area contributed by atoms with Crippen LogP contribution < -0.4 is 0 Å². The summed E-state index contributed by atoms with van der Waals surface area (Å²) in [5.74, 6) is -0.850. The fraction of sp³-hybridized carbons (Fsp3) is 0.125. The van der Waals surface area contributed by atoms with Crippen molar-refractivity contribution >= 4 is 45.0 Å². The average molecular weight is 418 g/mol. The summed E-state index contributed by atoms with van der Waals surface area (Å²) in [6.45, 7) is 3.90. The maximum atomic E-state index is 13.9. The molecular formula is C16H12BrCl2FN2O. The number of carbonyl (C=O) groups excluding carboxylic acids is 1. The van der Waals surface area contributed by atoms with Crippen LogP contribution in [0.15, 0.2) is 47.5 Å². The van der Waals surface area contributed by atoms with E-state index >= 15 is 0 Å². The molecular weight excluding hydrogens is 406 g/mol. The molecule has 0 fully saturated rings. The van der Waals surface area contributed by atoms with Crippen LogP contribution in [0.2, 0.25) is 10.2 Å². The van der Waals surface area contributed by atoms with Crippen LogP contribution in [0, 0.1) is 5.82 Å². The van der Waals surface area contributed by atoms with Crippen LogP contribution in [0.4, 0.5) is 4.39 Å². The van der Waals surface area contributed by atoms with E-state index in [9.17, 15) is 9.18 Å². The monoisotopic (exact) mass is 416 g/mol. The van der Waals surface area contributed by atoms with Crippen LogP contribution in [0.25, 0.3) is 0 Å². The van der Waals surface area contributed by atoms with E-state index in [0.29, 0.717) is 5.56 Å². The van der Waals surface area contributed by atoms with E-state index in [-0.39, 0.29) is 29.0 Å². The number of benzene rings is 1. The lowest BCUT2D eigenvalue weighted by Crippen LogP contribution is -2.32. The number of hydrogen-bond donors (Lipinski definition) is 0. The summed E-state index contributed by atoms with van der Waals surface area (Å²) in [7, 11) is 0. The molecule has 0 atom stereocenters. The molecule has 0 aliphatic rings. The van der Waals surface area contributed by atoms with Gasteiger partial charge in [-0.3, -0.25) is 4.79 Å². The summed E-state index contributed by atoms with van der Waals surface area (Å²) in [5, 5.41) is 0.341. The highest BCUT2D eigenvalue weighted by atomic mass is 79.9. The molecule has 0 radical (unpaired) electrons. The molecule has 0 aliphatic carbocycles. The molecule has 0 saturated carbocycles. The molecule has 1 heterocycles. The third kappa shape index (κ3) is 4.53. The van der Waals surface area contributed by atoms with Crippen molar-refractivity contribution in [2.45, 2.75) is 6.54 Å². The Morgan fingerprint density at radius 3 is 2.78 bits per heavy atom. The molecule has 23 heavy (non-hydrogen) atoms. The van der Waals surface area contributed by atoms with Crippen LogP contribution in [0.3, 0.4) is 0 Å². The number of halogens is 4. The maximum absolute atomic E-state index is 13.9. The van der Waals surface area contributed by atoms with Gasteiger partial charge in [0.05, 0.1) is 5.02 Å². The second-order valence-electron chi connectivity index (χ2n) is 4.67. The van der Waals surface area contributed by atoms with Crippen LogP contribution in [-0.2, 0) is 6.54 Å². The molecule has 2 aromatic rings. The van der Waals surface area contributed by atoms with Crippen LogP contribution in [0.1, 0.15) is 16.1 Å². The third-order valence-electron chi connectivity index (χ3n) is 3.02. The van der Waals surface area contributed by atoms with Crippen molar-refractivity contribution in [3.05, 3.63) is 74.7 Å². The summed E-state index contributed by atoms with van der Waals surface area (Å²) in [5.41, 5.74) is 0.393. The third-order valence-corrected chi connectivity index (χ3v) is 4.03. The number of hydrogen-bond acceptors (Lipinski definition) is 2. The summed E-state index contributed by atoms with van der Waals surface area (Å²) >= 11 is 15.1. The van der Waals surface area contributed by atoms with Crippen molar-refractivity contribution in [3.63, 3.8) is 0 Å². The van der Waals surface area contributed by atoms with Crippen molar-refractivity contribution in [3.8, 4) is 0 Å². The predicted molar refractivity (Wildman–Crippen MR) is 93.3 cm³/mol.